The van der Waals surface area contributed by atoms with E-state index in [-0.39, 0.29) is 17.0 Å². The molecule has 1 fully saturated rings. The number of nitriles is 1. The molecule has 3 rings (SSSR count). The number of aromatic nitrogens is 1. The molecule has 1 N–H and O–H groups in total. The monoisotopic (exact) mass is 438 g/mol. The lowest BCUT2D eigenvalue weighted by Gasteiger charge is -2.12. The highest BCUT2D eigenvalue weighted by Crippen LogP contribution is 2.40. The van der Waals surface area contributed by atoms with Crippen LogP contribution in [-0.4, -0.2) is 54.6 Å². The van der Waals surface area contributed by atoms with E-state index in [1.807, 2.05) is 6.07 Å². The molecule has 160 valence electrons. The maximum absolute atomic E-state index is 12.6. The minimum Gasteiger partial charge on any atom is -0.452 e. The maximum atomic E-state index is 12.6. The summed E-state index contributed by atoms with van der Waals surface area (Å²) in [5.41, 5.74) is 2.02. The third-order valence-corrected chi connectivity index (χ3v) is 5.37. The summed E-state index contributed by atoms with van der Waals surface area (Å²) in [4.78, 5) is 42.6. The second kappa shape index (κ2) is 9.62. The molecule has 8 nitrogen and oxygen atoms in total. The second-order valence-electron chi connectivity index (χ2n) is 7.27. The number of pyridine rings is 1. The first kappa shape index (κ1) is 22.3. The second-order valence-corrected chi connectivity index (χ2v) is 8.06. The van der Waals surface area contributed by atoms with Crippen molar-refractivity contribution >= 4 is 35.2 Å². The molecule has 0 spiro atoms. The van der Waals surface area contributed by atoms with E-state index in [0.717, 1.165) is 18.5 Å². The minimum atomic E-state index is -0.738. The summed E-state index contributed by atoms with van der Waals surface area (Å²) in [6.07, 6.45) is 3.80. The van der Waals surface area contributed by atoms with Crippen molar-refractivity contribution in [2.24, 2.45) is 0 Å². The predicted molar refractivity (Wildman–Crippen MR) is 116 cm³/mol. The number of anilines is 1. The molecule has 1 aliphatic rings. The zero-order valence-electron chi connectivity index (χ0n) is 17.5. The first-order chi connectivity index (χ1) is 14.8. The van der Waals surface area contributed by atoms with Crippen LogP contribution < -0.4 is 5.32 Å². The normalized spacial score (nSPS) is 12.6. The number of nitrogens with one attached hydrogen (secondary N) is 1. The third kappa shape index (κ3) is 5.41. The number of ether oxygens (including phenoxy) is 1. The van der Waals surface area contributed by atoms with E-state index in [9.17, 15) is 19.6 Å². The van der Waals surface area contributed by atoms with Gasteiger partial charge in [-0.25, -0.2) is 9.78 Å². The van der Waals surface area contributed by atoms with Gasteiger partial charge in [0, 0.05) is 37.0 Å². The lowest BCUT2D eigenvalue weighted by atomic mass is 10.1. The topological polar surface area (TPSA) is 112 Å². The van der Waals surface area contributed by atoms with Gasteiger partial charge < -0.3 is 15.0 Å². The highest BCUT2D eigenvalue weighted by molar-refractivity contribution is 7.98. The Bertz CT molecular complexity index is 1060. The van der Waals surface area contributed by atoms with Gasteiger partial charge in [0.1, 0.15) is 11.1 Å². The molecule has 0 radical (unpaired) electrons. The first-order valence-electron chi connectivity index (χ1n) is 9.61. The molecule has 1 aromatic heterocycles. The quantitative estimate of drug-likeness (QED) is 0.522. The maximum Gasteiger partial charge on any atom is 0.340 e. The molecule has 1 aromatic carbocycles. The smallest absolute Gasteiger partial charge is 0.340 e. The molecular formula is C22H22N4O4S. The van der Waals surface area contributed by atoms with Crippen molar-refractivity contribution in [3.05, 3.63) is 52.7 Å². The zero-order valence-corrected chi connectivity index (χ0v) is 18.3. The SMILES string of the molecule is CSc1nc(C2CC2)cc(C(=O)OCC(=O)Nc2ccc(C(=O)N(C)C)cc2)c1C#N. The number of esters is 1. The summed E-state index contributed by atoms with van der Waals surface area (Å²) in [7, 11) is 3.31. The standard InChI is InChI=1S/C22H22N4O4S/c1-26(2)21(28)14-6-8-15(9-7-14)24-19(27)12-30-22(29)16-10-18(13-4-5-13)25-20(31-3)17(16)11-23/h6-10,13H,4-5,12H2,1-3H3,(H,24,27). The molecule has 0 aliphatic heterocycles. The van der Waals surface area contributed by atoms with Gasteiger partial charge >= 0.3 is 5.97 Å². The molecule has 9 heteroatoms. The number of nitrogens with zero attached hydrogens (tertiary/aromatic N) is 3. The number of benzene rings is 1. The largest absolute Gasteiger partial charge is 0.452 e. The van der Waals surface area contributed by atoms with E-state index in [4.69, 9.17) is 4.74 Å². The molecule has 1 heterocycles. The summed E-state index contributed by atoms with van der Waals surface area (Å²) in [5.74, 6) is -1.11. The number of rotatable bonds is 7. The van der Waals surface area contributed by atoms with Crippen LogP contribution in [0.3, 0.4) is 0 Å². The van der Waals surface area contributed by atoms with Gasteiger partial charge in [-0.1, -0.05) is 0 Å². The summed E-state index contributed by atoms with van der Waals surface area (Å²) in [6, 6.07) is 10.0. The molecule has 1 aliphatic carbocycles. The van der Waals surface area contributed by atoms with Crippen LogP contribution in [0.4, 0.5) is 5.69 Å². The van der Waals surface area contributed by atoms with E-state index < -0.39 is 18.5 Å². The number of carbonyl (C=O) groups excluding carboxylic acids is 3. The van der Waals surface area contributed by atoms with Gasteiger partial charge in [0.2, 0.25) is 0 Å². The number of hydrogen-bond donors (Lipinski definition) is 1. The van der Waals surface area contributed by atoms with Crippen LogP contribution in [0.5, 0.6) is 0 Å². The molecule has 2 aromatic rings. The molecular weight excluding hydrogens is 416 g/mol. The molecule has 0 saturated heterocycles. The number of carbonyl (C=O) groups is 3. The Balaban J connectivity index is 1.64. The fraction of sp³-hybridized carbons (Fsp3) is 0.318. The lowest BCUT2D eigenvalue weighted by Crippen LogP contribution is -2.22. The van der Waals surface area contributed by atoms with E-state index in [2.05, 4.69) is 10.3 Å². The van der Waals surface area contributed by atoms with Crippen molar-refractivity contribution < 1.29 is 19.1 Å². The zero-order chi connectivity index (χ0) is 22.5. The van der Waals surface area contributed by atoms with Gasteiger partial charge in [-0.15, -0.1) is 11.8 Å². The van der Waals surface area contributed by atoms with Crippen LogP contribution >= 0.6 is 11.8 Å². The van der Waals surface area contributed by atoms with Crippen LogP contribution in [0.2, 0.25) is 0 Å². The average molecular weight is 439 g/mol. The van der Waals surface area contributed by atoms with Crippen molar-refractivity contribution in [2.75, 3.05) is 32.3 Å². The van der Waals surface area contributed by atoms with E-state index in [1.165, 1.54) is 16.7 Å². The van der Waals surface area contributed by atoms with Crippen molar-refractivity contribution in [1.29, 1.82) is 5.26 Å². The average Bonchev–Trinajstić information content (AvgIpc) is 3.61. The number of hydrogen-bond acceptors (Lipinski definition) is 7. The van der Waals surface area contributed by atoms with E-state index >= 15 is 0 Å². The molecule has 0 atom stereocenters. The predicted octanol–water partition coefficient (Wildman–Crippen LogP) is 3.05. The molecule has 2 amide bonds. The molecule has 0 bridgehead atoms. The number of thioether (sulfide) groups is 1. The third-order valence-electron chi connectivity index (χ3n) is 4.68. The van der Waals surface area contributed by atoms with Gasteiger partial charge in [-0.05, 0) is 49.4 Å². The van der Waals surface area contributed by atoms with Crippen LogP contribution in [0, 0.1) is 11.3 Å². The van der Waals surface area contributed by atoms with Gasteiger partial charge in [-0.3, -0.25) is 9.59 Å². The van der Waals surface area contributed by atoms with Crippen LogP contribution in [-0.2, 0) is 9.53 Å². The summed E-state index contributed by atoms with van der Waals surface area (Å²) >= 11 is 1.29. The minimum absolute atomic E-state index is 0.128. The first-order valence-corrected chi connectivity index (χ1v) is 10.8. The van der Waals surface area contributed by atoms with Crippen molar-refractivity contribution in [2.45, 2.75) is 23.8 Å². The van der Waals surface area contributed by atoms with E-state index in [0.29, 0.717) is 22.2 Å². The Hall–Kier alpha value is -3.38. The Labute approximate surface area is 184 Å². The molecule has 1 saturated carbocycles. The highest BCUT2D eigenvalue weighted by atomic mass is 32.2. The number of amides is 2. The fourth-order valence-corrected chi connectivity index (χ4v) is 3.46. The summed E-state index contributed by atoms with van der Waals surface area (Å²) < 4.78 is 5.15. The fourth-order valence-electron chi connectivity index (χ4n) is 2.91. The Morgan fingerprint density at radius 3 is 2.48 bits per heavy atom. The van der Waals surface area contributed by atoms with Crippen molar-refractivity contribution in [1.82, 2.24) is 9.88 Å². The molecule has 0 unspecified atom stereocenters. The van der Waals surface area contributed by atoms with Crippen LogP contribution in [0.15, 0.2) is 35.4 Å². The van der Waals surface area contributed by atoms with Gasteiger partial charge in [0.15, 0.2) is 6.61 Å². The summed E-state index contributed by atoms with van der Waals surface area (Å²) in [5, 5.41) is 12.6. The van der Waals surface area contributed by atoms with Crippen LogP contribution in [0.25, 0.3) is 0 Å². The molecule has 31 heavy (non-hydrogen) atoms. The van der Waals surface area contributed by atoms with Gasteiger partial charge in [0.05, 0.1) is 11.1 Å². The Kier molecular flexibility index (Phi) is 6.92. The van der Waals surface area contributed by atoms with Gasteiger partial charge in [-0.2, -0.15) is 5.26 Å². The van der Waals surface area contributed by atoms with Crippen molar-refractivity contribution in [3.8, 4) is 6.07 Å². The van der Waals surface area contributed by atoms with Crippen molar-refractivity contribution in [3.63, 3.8) is 0 Å². The lowest BCUT2D eigenvalue weighted by molar-refractivity contribution is -0.119. The van der Waals surface area contributed by atoms with Gasteiger partial charge in [0.25, 0.3) is 11.8 Å². The summed E-state index contributed by atoms with van der Waals surface area (Å²) in [6.45, 7) is -0.502. The van der Waals surface area contributed by atoms with E-state index in [1.54, 1.807) is 50.7 Å². The Morgan fingerprint density at radius 1 is 1.26 bits per heavy atom. The Morgan fingerprint density at radius 2 is 1.94 bits per heavy atom. The van der Waals surface area contributed by atoms with Crippen LogP contribution in [0.1, 0.15) is 50.7 Å². The highest BCUT2D eigenvalue weighted by Gasteiger charge is 2.29.